The van der Waals surface area contributed by atoms with Gasteiger partial charge in [0.2, 0.25) is 0 Å². The second-order valence-corrected chi connectivity index (χ2v) is 5.01. The second kappa shape index (κ2) is 5.43. The summed E-state index contributed by atoms with van der Waals surface area (Å²) in [4.78, 5) is 4.58. The van der Waals surface area contributed by atoms with Gasteiger partial charge in [0, 0.05) is 12.0 Å². The van der Waals surface area contributed by atoms with Gasteiger partial charge >= 0.3 is 0 Å². The molecule has 0 saturated heterocycles. The van der Waals surface area contributed by atoms with Gasteiger partial charge < -0.3 is 5.32 Å². The number of rotatable bonds is 4. The van der Waals surface area contributed by atoms with E-state index in [0.29, 0.717) is 12.0 Å². The van der Waals surface area contributed by atoms with Gasteiger partial charge in [-0.15, -0.1) is 0 Å². The molecular weight excluding hydrogens is 200 g/mol. The lowest BCUT2D eigenvalue weighted by molar-refractivity contribution is 0.429. The molecule has 0 bridgehead atoms. The average molecular weight is 222 g/mol. The van der Waals surface area contributed by atoms with Gasteiger partial charge in [0.1, 0.15) is 5.82 Å². The fourth-order valence-electron chi connectivity index (χ4n) is 2.23. The van der Waals surface area contributed by atoms with Crippen LogP contribution in [0.25, 0.3) is 0 Å². The third kappa shape index (κ3) is 3.04. The van der Waals surface area contributed by atoms with E-state index in [4.69, 9.17) is 0 Å². The Hall–Kier alpha value is -0.900. The Morgan fingerprint density at radius 1 is 1.31 bits per heavy atom. The van der Waals surface area contributed by atoms with Crippen LogP contribution in [0, 0.1) is 0 Å². The first-order valence-electron chi connectivity index (χ1n) is 6.40. The summed E-state index contributed by atoms with van der Waals surface area (Å²) in [6.45, 7) is 5.06. The zero-order valence-electron chi connectivity index (χ0n) is 10.3. The van der Waals surface area contributed by atoms with E-state index < -0.39 is 0 Å². The van der Waals surface area contributed by atoms with Crippen molar-refractivity contribution in [2.75, 3.05) is 0 Å². The maximum absolute atomic E-state index is 4.58. The van der Waals surface area contributed by atoms with Crippen LogP contribution < -0.4 is 5.32 Å². The highest BCUT2D eigenvalue weighted by molar-refractivity contribution is 4.99. The molecule has 1 aliphatic carbocycles. The fourth-order valence-corrected chi connectivity index (χ4v) is 2.23. The Morgan fingerprint density at radius 3 is 2.75 bits per heavy atom. The first kappa shape index (κ1) is 11.6. The Bertz CT molecular complexity index is 313. The highest BCUT2D eigenvalue weighted by atomic mass is 15.2. The number of nitrogens with one attached hydrogen (secondary N) is 2. The van der Waals surface area contributed by atoms with E-state index in [1.165, 1.54) is 32.1 Å². The van der Waals surface area contributed by atoms with Gasteiger partial charge in [-0.2, -0.15) is 5.10 Å². The van der Waals surface area contributed by atoms with Crippen LogP contribution >= 0.6 is 0 Å². The van der Waals surface area contributed by atoms with Gasteiger partial charge in [-0.1, -0.05) is 33.1 Å². The van der Waals surface area contributed by atoms with Crippen molar-refractivity contribution in [3.05, 3.63) is 11.6 Å². The summed E-state index contributed by atoms with van der Waals surface area (Å²) >= 11 is 0. The summed E-state index contributed by atoms with van der Waals surface area (Å²) in [6, 6.07) is 0.489. The molecule has 1 aliphatic rings. The van der Waals surface area contributed by atoms with E-state index in [1.54, 1.807) is 0 Å². The van der Waals surface area contributed by atoms with E-state index in [9.17, 15) is 0 Å². The molecule has 90 valence electrons. The molecular formula is C12H22N4. The third-order valence-corrected chi connectivity index (χ3v) is 3.20. The predicted molar refractivity (Wildman–Crippen MR) is 64.2 cm³/mol. The zero-order valence-corrected chi connectivity index (χ0v) is 10.3. The Balaban J connectivity index is 1.90. The quantitative estimate of drug-likeness (QED) is 0.822. The van der Waals surface area contributed by atoms with Crippen LogP contribution in [-0.2, 0) is 6.54 Å². The maximum atomic E-state index is 4.58. The molecule has 1 aromatic heterocycles. The van der Waals surface area contributed by atoms with Crippen LogP contribution in [0.5, 0.6) is 0 Å². The topological polar surface area (TPSA) is 53.6 Å². The highest BCUT2D eigenvalue weighted by Gasteiger charge is 2.19. The normalized spacial score (nSPS) is 18.2. The van der Waals surface area contributed by atoms with E-state index in [1.807, 2.05) is 0 Å². The predicted octanol–water partition coefficient (Wildman–Crippen LogP) is 2.35. The van der Waals surface area contributed by atoms with E-state index >= 15 is 0 Å². The molecule has 0 amide bonds. The Kier molecular flexibility index (Phi) is 3.93. The molecule has 4 nitrogen and oxygen atoms in total. The van der Waals surface area contributed by atoms with E-state index in [-0.39, 0.29) is 0 Å². The molecule has 2 N–H and O–H groups in total. The molecule has 1 fully saturated rings. The minimum atomic E-state index is 0.489. The van der Waals surface area contributed by atoms with Crippen LogP contribution in [-0.4, -0.2) is 21.2 Å². The van der Waals surface area contributed by atoms with Gasteiger partial charge in [0.25, 0.3) is 0 Å². The van der Waals surface area contributed by atoms with E-state index in [2.05, 4.69) is 34.3 Å². The standard InChI is InChI=1S/C12H22N4/c1-9(2)13-8-11-14-12(16-15-11)10-6-4-3-5-7-10/h9-10,13H,3-8H2,1-2H3,(H,14,15,16). The molecule has 0 atom stereocenters. The maximum Gasteiger partial charge on any atom is 0.153 e. The van der Waals surface area contributed by atoms with Crippen LogP contribution in [0.4, 0.5) is 0 Å². The van der Waals surface area contributed by atoms with Crippen molar-refractivity contribution >= 4 is 0 Å². The lowest BCUT2D eigenvalue weighted by atomic mass is 9.89. The Labute approximate surface area is 97.2 Å². The number of hydrogen-bond donors (Lipinski definition) is 2. The van der Waals surface area contributed by atoms with Crippen LogP contribution in [0.2, 0.25) is 0 Å². The Morgan fingerprint density at radius 2 is 2.06 bits per heavy atom. The molecule has 1 saturated carbocycles. The number of aromatic amines is 1. The third-order valence-electron chi connectivity index (χ3n) is 3.20. The SMILES string of the molecule is CC(C)NCc1nc(C2CCCCC2)n[nH]1. The molecule has 0 unspecified atom stereocenters. The molecule has 2 rings (SSSR count). The van der Waals surface area contributed by atoms with Gasteiger partial charge in [-0.25, -0.2) is 4.98 Å². The molecule has 0 aromatic carbocycles. The van der Waals surface area contributed by atoms with Gasteiger partial charge in [-0.05, 0) is 12.8 Å². The lowest BCUT2D eigenvalue weighted by Crippen LogP contribution is -2.22. The number of nitrogens with zero attached hydrogens (tertiary/aromatic N) is 2. The highest BCUT2D eigenvalue weighted by Crippen LogP contribution is 2.30. The van der Waals surface area contributed by atoms with Crippen molar-refractivity contribution in [1.29, 1.82) is 0 Å². The van der Waals surface area contributed by atoms with Crippen molar-refractivity contribution in [3.8, 4) is 0 Å². The number of H-pyrrole nitrogens is 1. The van der Waals surface area contributed by atoms with E-state index in [0.717, 1.165) is 18.2 Å². The second-order valence-electron chi connectivity index (χ2n) is 5.01. The summed E-state index contributed by atoms with van der Waals surface area (Å²) in [5, 5.41) is 10.7. The minimum Gasteiger partial charge on any atom is -0.308 e. The number of aromatic nitrogens is 3. The van der Waals surface area contributed by atoms with Crippen molar-refractivity contribution < 1.29 is 0 Å². The summed E-state index contributed by atoms with van der Waals surface area (Å²) in [5.74, 6) is 2.59. The summed E-state index contributed by atoms with van der Waals surface area (Å²) in [7, 11) is 0. The van der Waals surface area contributed by atoms with Crippen LogP contribution in [0.3, 0.4) is 0 Å². The number of hydrogen-bond acceptors (Lipinski definition) is 3. The zero-order chi connectivity index (χ0) is 11.4. The first-order valence-corrected chi connectivity index (χ1v) is 6.40. The summed E-state index contributed by atoms with van der Waals surface area (Å²) in [6.07, 6.45) is 6.56. The lowest BCUT2D eigenvalue weighted by Gasteiger charge is -2.18. The van der Waals surface area contributed by atoms with Gasteiger partial charge in [-0.3, -0.25) is 5.10 Å². The molecule has 4 heteroatoms. The molecule has 0 spiro atoms. The largest absolute Gasteiger partial charge is 0.308 e. The van der Waals surface area contributed by atoms with Crippen molar-refractivity contribution in [1.82, 2.24) is 20.5 Å². The molecule has 1 heterocycles. The van der Waals surface area contributed by atoms with Gasteiger partial charge in [0.15, 0.2) is 5.82 Å². The average Bonchev–Trinajstić information content (AvgIpc) is 2.76. The molecule has 16 heavy (non-hydrogen) atoms. The fraction of sp³-hybridized carbons (Fsp3) is 0.833. The molecule has 1 aromatic rings. The van der Waals surface area contributed by atoms with Gasteiger partial charge in [0.05, 0.1) is 6.54 Å². The summed E-state index contributed by atoms with van der Waals surface area (Å²) < 4.78 is 0. The van der Waals surface area contributed by atoms with Crippen molar-refractivity contribution in [2.24, 2.45) is 0 Å². The van der Waals surface area contributed by atoms with Crippen LogP contribution in [0.15, 0.2) is 0 Å². The summed E-state index contributed by atoms with van der Waals surface area (Å²) in [5.41, 5.74) is 0. The van der Waals surface area contributed by atoms with Crippen molar-refractivity contribution in [2.45, 2.75) is 64.5 Å². The van der Waals surface area contributed by atoms with Crippen LogP contribution in [0.1, 0.15) is 63.5 Å². The minimum absolute atomic E-state index is 0.489. The monoisotopic (exact) mass is 222 g/mol. The molecule has 0 radical (unpaired) electrons. The van der Waals surface area contributed by atoms with Crippen molar-refractivity contribution in [3.63, 3.8) is 0 Å². The smallest absolute Gasteiger partial charge is 0.153 e. The molecule has 0 aliphatic heterocycles. The first-order chi connectivity index (χ1) is 7.75.